The van der Waals surface area contributed by atoms with E-state index >= 15 is 0 Å². The number of rotatable bonds is 3. The van der Waals surface area contributed by atoms with Gasteiger partial charge >= 0.3 is 11.2 Å². The minimum atomic E-state index is -4.66. The van der Waals surface area contributed by atoms with Crippen molar-refractivity contribution in [1.82, 2.24) is 0 Å². The zero-order valence-corrected chi connectivity index (χ0v) is 11.4. The van der Waals surface area contributed by atoms with Gasteiger partial charge in [-0.25, -0.2) is 8.42 Å². The second kappa shape index (κ2) is 5.36. The molecule has 1 aromatic carbocycles. The van der Waals surface area contributed by atoms with Gasteiger partial charge in [-0.2, -0.15) is 17.9 Å². The molecule has 0 spiro atoms. The number of pyridine rings is 1. The van der Waals surface area contributed by atoms with Gasteiger partial charge in [-0.05, 0) is 17.7 Å². The summed E-state index contributed by atoms with van der Waals surface area (Å²) in [6.07, 6.45) is -3.68. The van der Waals surface area contributed by atoms with Crippen LogP contribution in [0.25, 0.3) is 0 Å². The van der Waals surface area contributed by atoms with Gasteiger partial charge in [0, 0.05) is 12.1 Å². The number of nitrogens with zero attached hydrogens (tertiary/aromatic N) is 1. The van der Waals surface area contributed by atoms with Gasteiger partial charge in [0.05, 0.1) is 11.3 Å². The summed E-state index contributed by atoms with van der Waals surface area (Å²) in [6.45, 7) is 0. The molecule has 112 valence electrons. The number of hydrogen-bond donors (Lipinski definition) is 0. The van der Waals surface area contributed by atoms with Crippen molar-refractivity contribution in [1.29, 1.82) is 0 Å². The largest absolute Gasteiger partial charge is 0.618 e. The van der Waals surface area contributed by atoms with Crippen LogP contribution in [0.4, 0.5) is 13.2 Å². The number of hydrogen-bond acceptors (Lipinski definition) is 3. The van der Waals surface area contributed by atoms with Crippen molar-refractivity contribution in [2.24, 2.45) is 0 Å². The van der Waals surface area contributed by atoms with Gasteiger partial charge < -0.3 is 5.21 Å². The lowest BCUT2D eigenvalue weighted by atomic mass is 10.1. The van der Waals surface area contributed by atoms with Crippen LogP contribution in [0.3, 0.4) is 0 Å². The fourth-order valence-electron chi connectivity index (χ4n) is 1.85. The van der Waals surface area contributed by atoms with Gasteiger partial charge in [0.1, 0.15) is 0 Å². The third-order valence-electron chi connectivity index (χ3n) is 2.78. The molecule has 0 unspecified atom stereocenters. The molecule has 4 nitrogen and oxygen atoms in total. The molecule has 2 rings (SSSR count). The maximum absolute atomic E-state index is 12.8. The average molecular weight is 317 g/mol. The molecular weight excluding hydrogens is 307 g/mol. The first-order chi connectivity index (χ1) is 9.72. The SMILES string of the molecule is O=S(=O)(Cc1ccccc1C(F)(F)F)c1cccc[n+]1[O-]. The number of sulfone groups is 1. The minimum Gasteiger partial charge on any atom is -0.618 e. The maximum Gasteiger partial charge on any atom is 0.416 e. The Kier molecular flexibility index (Phi) is 3.91. The van der Waals surface area contributed by atoms with Crippen LogP contribution in [0.5, 0.6) is 0 Å². The Morgan fingerprint density at radius 2 is 1.67 bits per heavy atom. The van der Waals surface area contributed by atoms with Crippen LogP contribution in [0.2, 0.25) is 0 Å². The van der Waals surface area contributed by atoms with E-state index in [1.807, 2.05) is 0 Å². The first kappa shape index (κ1) is 15.3. The lowest BCUT2D eigenvalue weighted by molar-refractivity contribution is -0.646. The predicted molar refractivity (Wildman–Crippen MR) is 67.7 cm³/mol. The monoisotopic (exact) mass is 317 g/mol. The third-order valence-corrected chi connectivity index (χ3v) is 4.42. The average Bonchev–Trinajstić information content (AvgIpc) is 2.38. The summed E-state index contributed by atoms with van der Waals surface area (Å²) in [5.41, 5.74) is -1.42. The maximum atomic E-state index is 12.8. The highest BCUT2D eigenvalue weighted by molar-refractivity contribution is 7.90. The molecule has 0 aliphatic carbocycles. The summed E-state index contributed by atoms with van der Waals surface area (Å²) in [5.74, 6) is -0.894. The van der Waals surface area contributed by atoms with Crippen molar-refractivity contribution in [3.63, 3.8) is 0 Å². The molecule has 0 N–H and O–H groups in total. The number of aromatic nitrogens is 1. The molecule has 0 amide bonds. The van der Waals surface area contributed by atoms with Crippen LogP contribution in [-0.2, 0) is 21.8 Å². The smallest absolute Gasteiger partial charge is 0.416 e. The Hall–Kier alpha value is -2.09. The van der Waals surface area contributed by atoms with Crippen molar-refractivity contribution < 1.29 is 26.3 Å². The summed E-state index contributed by atoms with van der Waals surface area (Å²) in [6, 6.07) is 8.09. The summed E-state index contributed by atoms with van der Waals surface area (Å²) in [7, 11) is -4.18. The molecule has 2 aromatic rings. The fraction of sp³-hybridized carbons (Fsp3) is 0.154. The van der Waals surface area contributed by atoms with E-state index < -0.39 is 37.9 Å². The highest BCUT2D eigenvalue weighted by Gasteiger charge is 2.35. The Labute approximate surface area is 119 Å². The first-order valence-corrected chi connectivity index (χ1v) is 7.43. The summed E-state index contributed by atoms with van der Waals surface area (Å²) in [4.78, 5) is 0. The van der Waals surface area contributed by atoms with Gasteiger partial charge in [0.2, 0.25) is 9.84 Å². The van der Waals surface area contributed by atoms with Crippen molar-refractivity contribution in [3.05, 3.63) is 65.0 Å². The first-order valence-electron chi connectivity index (χ1n) is 5.78. The lowest BCUT2D eigenvalue weighted by Crippen LogP contribution is -2.33. The van der Waals surface area contributed by atoms with Gasteiger partial charge in [0.15, 0.2) is 6.20 Å². The standard InChI is InChI=1S/C13H10F3NO3S/c14-13(15,16)11-6-2-1-5-10(11)9-21(19,20)12-7-3-4-8-17(12)18/h1-8H,9H2. The molecule has 0 aliphatic rings. The van der Waals surface area contributed by atoms with E-state index in [0.717, 1.165) is 24.4 Å². The van der Waals surface area contributed by atoms with Gasteiger partial charge in [0.25, 0.3) is 0 Å². The molecule has 0 radical (unpaired) electrons. The van der Waals surface area contributed by atoms with Crippen LogP contribution in [0.1, 0.15) is 11.1 Å². The van der Waals surface area contributed by atoms with Crippen LogP contribution < -0.4 is 4.73 Å². The highest BCUT2D eigenvalue weighted by Crippen LogP contribution is 2.33. The molecule has 0 saturated carbocycles. The Bertz CT molecular complexity index is 757. The lowest BCUT2D eigenvalue weighted by Gasteiger charge is -2.12. The Morgan fingerprint density at radius 3 is 2.29 bits per heavy atom. The molecule has 8 heteroatoms. The molecule has 0 saturated heterocycles. The van der Waals surface area contributed by atoms with Gasteiger partial charge in [-0.3, -0.25) is 0 Å². The normalized spacial score (nSPS) is 12.3. The molecule has 0 fully saturated rings. The third kappa shape index (κ3) is 3.33. The van der Waals surface area contributed by atoms with E-state index in [1.165, 1.54) is 24.3 Å². The van der Waals surface area contributed by atoms with Crippen molar-refractivity contribution in [2.75, 3.05) is 0 Å². The summed E-state index contributed by atoms with van der Waals surface area (Å²) >= 11 is 0. The Morgan fingerprint density at radius 1 is 1.05 bits per heavy atom. The van der Waals surface area contributed by atoms with Crippen LogP contribution in [-0.4, -0.2) is 8.42 Å². The van der Waals surface area contributed by atoms with E-state index in [4.69, 9.17) is 0 Å². The zero-order valence-electron chi connectivity index (χ0n) is 10.5. The Balaban J connectivity index is 2.46. The second-order valence-corrected chi connectivity index (χ2v) is 6.22. The van der Waals surface area contributed by atoms with Crippen molar-refractivity contribution >= 4 is 9.84 Å². The van der Waals surface area contributed by atoms with Crippen LogP contribution >= 0.6 is 0 Å². The van der Waals surface area contributed by atoms with E-state index in [-0.39, 0.29) is 4.73 Å². The quantitative estimate of drug-likeness (QED) is 0.645. The summed E-state index contributed by atoms with van der Waals surface area (Å²) < 4.78 is 62.9. The van der Waals surface area contributed by atoms with E-state index in [1.54, 1.807) is 0 Å². The molecule has 1 heterocycles. The second-order valence-electron chi connectivity index (χ2n) is 4.28. The van der Waals surface area contributed by atoms with E-state index in [0.29, 0.717) is 0 Å². The minimum absolute atomic E-state index is 0.117. The molecular formula is C13H10F3NO3S. The predicted octanol–water partition coefficient (Wildman–Crippen LogP) is 2.31. The highest BCUT2D eigenvalue weighted by atomic mass is 32.2. The van der Waals surface area contributed by atoms with E-state index in [9.17, 15) is 26.8 Å². The van der Waals surface area contributed by atoms with Crippen LogP contribution in [0.15, 0.2) is 53.7 Å². The number of benzene rings is 1. The van der Waals surface area contributed by atoms with Crippen molar-refractivity contribution in [2.45, 2.75) is 17.0 Å². The van der Waals surface area contributed by atoms with Crippen LogP contribution in [0, 0.1) is 5.21 Å². The van der Waals surface area contributed by atoms with Crippen molar-refractivity contribution in [3.8, 4) is 0 Å². The molecule has 0 aliphatic heterocycles. The topological polar surface area (TPSA) is 61.1 Å². The van der Waals surface area contributed by atoms with Gasteiger partial charge in [-0.15, -0.1) is 0 Å². The number of halogens is 3. The molecule has 21 heavy (non-hydrogen) atoms. The van der Waals surface area contributed by atoms with Gasteiger partial charge in [-0.1, -0.05) is 18.2 Å². The van der Waals surface area contributed by atoms with E-state index in [2.05, 4.69) is 0 Å². The molecule has 1 aromatic heterocycles. The molecule has 0 bridgehead atoms. The molecule has 0 atom stereocenters. The number of alkyl halides is 3. The zero-order chi connectivity index (χ0) is 15.7. The summed E-state index contributed by atoms with van der Waals surface area (Å²) in [5, 5.41) is 10.9. The fourth-order valence-corrected chi connectivity index (χ4v) is 3.28.